The Morgan fingerprint density at radius 3 is 2.19 bits per heavy atom. The van der Waals surface area contributed by atoms with Gasteiger partial charge in [-0.05, 0) is 37.5 Å². The number of ether oxygens (including phenoxy) is 1. The van der Waals surface area contributed by atoms with Crippen LogP contribution in [0.4, 0.5) is 0 Å². The fourth-order valence-electron chi connectivity index (χ4n) is 2.41. The lowest BCUT2D eigenvalue weighted by Crippen LogP contribution is -2.47. The zero-order valence-corrected chi connectivity index (χ0v) is 18.4. The molecular weight excluding hydrogens is 437 g/mol. The van der Waals surface area contributed by atoms with E-state index in [1.165, 1.54) is 16.7 Å². The molecule has 0 heterocycles. The average Bonchev–Trinajstić information content (AvgIpc) is 2.59. The van der Waals surface area contributed by atoms with Crippen LogP contribution in [-0.4, -0.2) is 18.5 Å². The summed E-state index contributed by atoms with van der Waals surface area (Å²) < 4.78 is 5.82. The van der Waals surface area contributed by atoms with Gasteiger partial charge in [0.2, 0.25) is 0 Å². The molecule has 0 atom stereocenters. The summed E-state index contributed by atoms with van der Waals surface area (Å²) in [5.74, 6) is 0.804. The molecule has 0 unspecified atom stereocenters. The molecule has 0 aliphatic carbocycles. The van der Waals surface area contributed by atoms with E-state index in [1.807, 2.05) is 18.2 Å². The van der Waals surface area contributed by atoms with E-state index >= 15 is 0 Å². The Bertz CT molecular complexity index is 681. The first kappa shape index (κ1) is 22.4. The quantitative estimate of drug-likeness (QED) is 0.374. The van der Waals surface area contributed by atoms with E-state index in [0.29, 0.717) is 13.2 Å². The van der Waals surface area contributed by atoms with E-state index < -0.39 is 0 Å². The molecule has 0 saturated heterocycles. The third-order valence-electron chi connectivity index (χ3n) is 3.55. The third kappa shape index (κ3) is 8.67. The number of nitrogens with zero attached hydrogens (tertiary/aromatic N) is 1. The van der Waals surface area contributed by atoms with Gasteiger partial charge in [0, 0.05) is 19.1 Å². The van der Waals surface area contributed by atoms with Crippen LogP contribution in [0.25, 0.3) is 0 Å². The molecule has 0 fully saturated rings. The molecule has 2 aromatic rings. The number of halogens is 1. The monoisotopic (exact) mass is 467 g/mol. The number of aliphatic imine (C=N–C) groups is 1. The first-order valence-corrected chi connectivity index (χ1v) is 8.64. The Hall–Kier alpha value is -1.60. The van der Waals surface area contributed by atoms with Crippen molar-refractivity contribution in [3.8, 4) is 0 Å². The Morgan fingerprint density at radius 1 is 0.923 bits per heavy atom. The van der Waals surface area contributed by atoms with Crippen molar-refractivity contribution in [1.82, 2.24) is 10.6 Å². The van der Waals surface area contributed by atoms with Crippen molar-refractivity contribution < 1.29 is 4.74 Å². The van der Waals surface area contributed by atoms with Gasteiger partial charge in [0.15, 0.2) is 5.96 Å². The van der Waals surface area contributed by atoms with Gasteiger partial charge in [-0.15, -0.1) is 24.0 Å². The highest BCUT2D eigenvalue weighted by Gasteiger charge is 2.11. The molecule has 0 aliphatic heterocycles. The summed E-state index contributed by atoms with van der Waals surface area (Å²) in [5, 5.41) is 6.71. The minimum Gasteiger partial charge on any atom is -0.372 e. The summed E-state index contributed by atoms with van der Waals surface area (Å²) in [4.78, 5) is 4.26. The Kier molecular flexibility index (Phi) is 9.65. The molecular formula is C21H30IN3O. The normalized spacial score (nSPS) is 11.6. The van der Waals surface area contributed by atoms with Gasteiger partial charge in [-0.2, -0.15) is 0 Å². The second-order valence-corrected chi connectivity index (χ2v) is 7.10. The summed E-state index contributed by atoms with van der Waals surface area (Å²) in [6.07, 6.45) is 0. The molecule has 0 radical (unpaired) electrons. The highest BCUT2D eigenvalue weighted by atomic mass is 127. The predicted molar refractivity (Wildman–Crippen MR) is 120 cm³/mol. The van der Waals surface area contributed by atoms with Crippen LogP contribution < -0.4 is 10.6 Å². The van der Waals surface area contributed by atoms with E-state index in [1.54, 1.807) is 7.05 Å². The standard InChI is InChI=1S/C21H29N3O.HI/c1-21(2,3)24-20(22-4)23-14-18-11-8-12-19(13-18)16-25-15-17-9-6-5-7-10-17;/h5-13H,14-16H2,1-4H3,(H2,22,23,24);1H. The van der Waals surface area contributed by atoms with E-state index in [2.05, 4.69) is 72.8 Å². The lowest BCUT2D eigenvalue weighted by Gasteiger charge is -2.23. The number of nitrogens with one attached hydrogen (secondary N) is 2. The molecule has 0 aliphatic rings. The van der Waals surface area contributed by atoms with Crippen LogP contribution in [0.15, 0.2) is 59.6 Å². The molecule has 0 bridgehead atoms. The SMILES string of the molecule is CN=C(NCc1cccc(COCc2ccccc2)c1)NC(C)(C)C.I. The van der Waals surface area contributed by atoms with Crippen molar-refractivity contribution in [2.45, 2.75) is 46.1 Å². The molecule has 0 saturated carbocycles. The van der Waals surface area contributed by atoms with E-state index in [-0.39, 0.29) is 29.5 Å². The second-order valence-electron chi connectivity index (χ2n) is 7.10. The molecule has 5 heteroatoms. The molecule has 26 heavy (non-hydrogen) atoms. The van der Waals surface area contributed by atoms with Crippen molar-refractivity contribution in [2.24, 2.45) is 4.99 Å². The molecule has 2 N–H and O–H groups in total. The van der Waals surface area contributed by atoms with Gasteiger partial charge < -0.3 is 15.4 Å². The van der Waals surface area contributed by atoms with E-state index in [4.69, 9.17) is 4.74 Å². The topological polar surface area (TPSA) is 45.7 Å². The van der Waals surface area contributed by atoms with Crippen LogP contribution in [-0.2, 0) is 24.5 Å². The van der Waals surface area contributed by atoms with Crippen LogP contribution >= 0.6 is 24.0 Å². The minimum absolute atomic E-state index is 0. The van der Waals surface area contributed by atoms with Gasteiger partial charge in [0.05, 0.1) is 13.2 Å². The second kappa shape index (κ2) is 11.2. The maximum absolute atomic E-state index is 5.82. The van der Waals surface area contributed by atoms with Gasteiger partial charge in [-0.25, -0.2) is 0 Å². The van der Waals surface area contributed by atoms with Gasteiger partial charge in [-0.1, -0.05) is 54.6 Å². The molecule has 142 valence electrons. The third-order valence-corrected chi connectivity index (χ3v) is 3.55. The number of benzene rings is 2. The van der Waals surface area contributed by atoms with Crippen LogP contribution in [0.3, 0.4) is 0 Å². The highest BCUT2D eigenvalue weighted by molar-refractivity contribution is 14.0. The zero-order valence-electron chi connectivity index (χ0n) is 16.1. The van der Waals surface area contributed by atoms with Gasteiger partial charge in [0.25, 0.3) is 0 Å². The summed E-state index contributed by atoms with van der Waals surface area (Å²) in [7, 11) is 1.79. The Morgan fingerprint density at radius 2 is 1.54 bits per heavy atom. The molecule has 0 amide bonds. The summed E-state index contributed by atoms with van der Waals surface area (Å²) in [5.41, 5.74) is 3.55. The zero-order chi connectivity index (χ0) is 18.1. The summed E-state index contributed by atoms with van der Waals surface area (Å²) >= 11 is 0. The summed E-state index contributed by atoms with van der Waals surface area (Å²) in [6, 6.07) is 18.7. The average molecular weight is 467 g/mol. The number of hydrogen-bond donors (Lipinski definition) is 2. The number of rotatable bonds is 6. The van der Waals surface area contributed by atoms with Crippen LogP contribution in [0.2, 0.25) is 0 Å². The maximum Gasteiger partial charge on any atom is 0.191 e. The molecule has 0 spiro atoms. The smallest absolute Gasteiger partial charge is 0.191 e. The molecule has 0 aromatic heterocycles. The predicted octanol–water partition coefficient (Wildman–Crippen LogP) is 4.48. The lowest BCUT2D eigenvalue weighted by molar-refractivity contribution is 0.107. The number of hydrogen-bond acceptors (Lipinski definition) is 2. The molecule has 2 aromatic carbocycles. The van der Waals surface area contributed by atoms with Crippen LogP contribution in [0.1, 0.15) is 37.5 Å². The highest BCUT2D eigenvalue weighted by Crippen LogP contribution is 2.09. The minimum atomic E-state index is -0.0189. The van der Waals surface area contributed by atoms with Crippen molar-refractivity contribution >= 4 is 29.9 Å². The molecule has 4 nitrogen and oxygen atoms in total. The van der Waals surface area contributed by atoms with Crippen molar-refractivity contribution in [3.63, 3.8) is 0 Å². The fourth-order valence-corrected chi connectivity index (χ4v) is 2.41. The van der Waals surface area contributed by atoms with Crippen LogP contribution in [0.5, 0.6) is 0 Å². The van der Waals surface area contributed by atoms with Gasteiger partial charge >= 0.3 is 0 Å². The van der Waals surface area contributed by atoms with E-state index in [0.717, 1.165) is 12.5 Å². The first-order chi connectivity index (χ1) is 12.0. The van der Waals surface area contributed by atoms with Gasteiger partial charge in [0.1, 0.15) is 0 Å². The number of guanidine groups is 1. The Labute approximate surface area is 174 Å². The van der Waals surface area contributed by atoms with Crippen LogP contribution in [0, 0.1) is 0 Å². The van der Waals surface area contributed by atoms with E-state index in [9.17, 15) is 0 Å². The fraction of sp³-hybridized carbons (Fsp3) is 0.381. The molecule has 2 rings (SSSR count). The largest absolute Gasteiger partial charge is 0.372 e. The van der Waals surface area contributed by atoms with Crippen molar-refractivity contribution in [1.29, 1.82) is 0 Å². The first-order valence-electron chi connectivity index (χ1n) is 8.64. The Balaban J connectivity index is 0.00000338. The maximum atomic E-state index is 5.82. The van der Waals surface area contributed by atoms with Crippen molar-refractivity contribution in [3.05, 3.63) is 71.3 Å². The lowest BCUT2D eigenvalue weighted by atomic mass is 10.1. The van der Waals surface area contributed by atoms with Crippen molar-refractivity contribution in [2.75, 3.05) is 7.05 Å². The summed E-state index contributed by atoms with van der Waals surface area (Å²) in [6.45, 7) is 8.31. The van der Waals surface area contributed by atoms with Gasteiger partial charge in [-0.3, -0.25) is 4.99 Å².